The van der Waals surface area contributed by atoms with Crippen molar-refractivity contribution in [1.82, 2.24) is 15.1 Å². The number of amides is 1. The predicted molar refractivity (Wildman–Crippen MR) is 96.8 cm³/mol. The molecule has 0 saturated heterocycles. The molecule has 120 valence electrons. The highest BCUT2D eigenvalue weighted by Crippen LogP contribution is 1.96. The first-order valence-electron chi connectivity index (χ1n) is 7.23. The van der Waals surface area contributed by atoms with Crippen molar-refractivity contribution in [2.45, 2.75) is 34.6 Å². The van der Waals surface area contributed by atoms with E-state index in [4.69, 9.17) is 0 Å². The summed E-state index contributed by atoms with van der Waals surface area (Å²) in [4.78, 5) is 20.3. The van der Waals surface area contributed by atoms with E-state index < -0.39 is 0 Å². The molecule has 6 heteroatoms. The van der Waals surface area contributed by atoms with Crippen molar-refractivity contribution >= 4 is 35.8 Å². The lowest BCUT2D eigenvalue weighted by Crippen LogP contribution is -2.45. The molecule has 0 radical (unpaired) electrons. The molecule has 0 bridgehead atoms. The molecule has 0 aromatic carbocycles. The first-order chi connectivity index (χ1) is 8.96. The number of hydrogen-bond acceptors (Lipinski definition) is 2. The van der Waals surface area contributed by atoms with E-state index in [1.165, 1.54) is 0 Å². The second-order valence-electron chi connectivity index (χ2n) is 5.01. The molecule has 0 fully saturated rings. The van der Waals surface area contributed by atoms with Gasteiger partial charge in [-0.3, -0.25) is 9.79 Å². The van der Waals surface area contributed by atoms with E-state index >= 15 is 0 Å². The number of hydrogen-bond donors (Lipinski definition) is 1. The van der Waals surface area contributed by atoms with Crippen LogP contribution in [0.1, 0.15) is 34.6 Å². The maximum Gasteiger partial charge on any atom is 0.242 e. The zero-order valence-corrected chi connectivity index (χ0v) is 16.1. The summed E-state index contributed by atoms with van der Waals surface area (Å²) < 4.78 is 0. The van der Waals surface area contributed by atoms with E-state index in [1.54, 1.807) is 0 Å². The van der Waals surface area contributed by atoms with Crippen molar-refractivity contribution in [3.63, 3.8) is 0 Å². The molecule has 0 aliphatic rings. The largest absolute Gasteiger partial charge is 0.357 e. The van der Waals surface area contributed by atoms with Gasteiger partial charge in [0.2, 0.25) is 5.91 Å². The summed E-state index contributed by atoms with van der Waals surface area (Å²) in [5.74, 6) is 1.46. The monoisotopic (exact) mass is 398 g/mol. The fourth-order valence-corrected chi connectivity index (χ4v) is 1.69. The minimum absolute atomic E-state index is 0. The first kappa shape index (κ1) is 21.8. The van der Waals surface area contributed by atoms with Crippen LogP contribution in [0, 0.1) is 5.92 Å². The van der Waals surface area contributed by atoms with Crippen LogP contribution in [0.5, 0.6) is 0 Å². The summed E-state index contributed by atoms with van der Waals surface area (Å²) >= 11 is 0. The smallest absolute Gasteiger partial charge is 0.242 e. The minimum atomic E-state index is 0. The van der Waals surface area contributed by atoms with Crippen LogP contribution in [0.2, 0.25) is 0 Å². The summed E-state index contributed by atoms with van der Waals surface area (Å²) in [7, 11) is 1.91. The number of nitrogens with zero attached hydrogens (tertiary/aromatic N) is 3. The molecule has 0 unspecified atom stereocenters. The lowest BCUT2D eigenvalue weighted by Gasteiger charge is -2.25. The van der Waals surface area contributed by atoms with Crippen LogP contribution in [0.4, 0.5) is 0 Å². The van der Waals surface area contributed by atoms with Gasteiger partial charge in [-0.2, -0.15) is 0 Å². The second kappa shape index (κ2) is 12.2. The van der Waals surface area contributed by atoms with Crippen molar-refractivity contribution in [2.24, 2.45) is 10.9 Å². The maximum atomic E-state index is 12.1. The Morgan fingerprint density at radius 1 is 1.20 bits per heavy atom. The van der Waals surface area contributed by atoms with Gasteiger partial charge in [0.25, 0.3) is 0 Å². The van der Waals surface area contributed by atoms with Gasteiger partial charge < -0.3 is 15.1 Å². The molecule has 0 aliphatic carbocycles. The predicted octanol–water partition coefficient (Wildman–Crippen LogP) is 2.03. The van der Waals surface area contributed by atoms with Crippen molar-refractivity contribution in [3.8, 4) is 0 Å². The highest BCUT2D eigenvalue weighted by atomic mass is 127. The zero-order valence-electron chi connectivity index (χ0n) is 13.8. The molecule has 0 aromatic rings. The average molecular weight is 398 g/mol. The van der Waals surface area contributed by atoms with Crippen LogP contribution in [0.25, 0.3) is 0 Å². The SMILES string of the molecule is CCNC(=NCC(C)C)N(C)CC(=O)N(CC)CC.I. The molecule has 0 saturated carbocycles. The van der Waals surface area contributed by atoms with E-state index in [9.17, 15) is 4.79 Å². The maximum absolute atomic E-state index is 12.1. The van der Waals surface area contributed by atoms with Gasteiger partial charge in [-0.1, -0.05) is 13.8 Å². The molecule has 1 N–H and O–H groups in total. The molecule has 5 nitrogen and oxygen atoms in total. The van der Waals surface area contributed by atoms with Gasteiger partial charge in [0.05, 0.1) is 6.54 Å². The Morgan fingerprint density at radius 3 is 2.15 bits per heavy atom. The summed E-state index contributed by atoms with van der Waals surface area (Å²) in [5, 5.41) is 3.22. The standard InChI is InChI=1S/C14H30N4O.HI/c1-7-15-14(16-10-12(4)5)17(6)11-13(19)18(8-2)9-3;/h12H,7-11H2,1-6H3,(H,15,16);1H. The van der Waals surface area contributed by atoms with Crippen molar-refractivity contribution < 1.29 is 4.79 Å². The Balaban J connectivity index is 0. The third-order valence-corrected chi connectivity index (χ3v) is 2.79. The van der Waals surface area contributed by atoms with E-state index in [2.05, 4.69) is 24.2 Å². The highest BCUT2D eigenvalue weighted by molar-refractivity contribution is 14.0. The van der Waals surface area contributed by atoms with Crippen LogP contribution >= 0.6 is 24.0 Å². The van der Waals surface area contributed by atoms with Gasteiger partial charge in [0.1, 0.15) is 0 Å². The molecule has 0 aliphatic heterocycles. The third-order valence-electron chi connectivity index (χ3n) is 2.79. The Labute approximate surface area is 141 Å². The summed E-state index contributed by atoms with van der Waals surface area (Å²) in [6, 6.07) is 0. The Kier molecular flexibility index (Phi) is 13.3. The summed E-state index contributed by atoms with van der Waals surface area (Å²) in [6.45, 7) is 13.7. The second-order valence-corrected chi connectivity index (χ2v) is 5.01. The lowest BCUT2D eigenvalue weighted by molar-refractivity contribution is -0.131. The highest BCUT2D eigenvalue weighted by Gasteiger charge is 2.14. The fraction of sp³-hybridized carbons (Fsp3) is 0.857. The Hall–Kier alpha value is -0.530. The molecule has 0 spiro atoms. The fourth-order valence-electron chi connectivity index (χ4n) is 1.69. The van der Waals surface area contributed by atoms with Crippen molar-refractivity contribution in [1.29, 1.82) is 0 Å². The zero-order chi connectivity index (χ0) is 14.8. The molecule has 0 aromatic heterocycles. The number of likely N-dealkylation sites (N-methyl/N-ethyl adjacent to an activating group) is 2. The number of rotatable bonds is 7. The van der Waals surface area contributed by atoms with Gasteiger partial charge in [-0.15, -0.1) is 24.0 Å². The number of aliphatic imine (C=N–C) groups is 1. The topological polar surface area (TPSA) is 47.9 Å². The van der Waals surface area contributed by atoms with Gasteiger partial charge >= 0.3 is 0 Å². The quantitative estimate of drug-likeness (QED) is 0.406. The van der Waals surface area contributed by atoms with Gasteiger partial charge in [-0.05, 0) is 26.7 Å². The number of halogens is 1. The molecular formula is C14H31IN4O. The van der Waals surface area contributed by atoms with Crippen LogP contribution in [-0.4, -0.2) is 61.4 Å². The van der Waals surface area contributed by atoms with E-state index in [0.29, 0.717) is 12.5 Å². The number of carbonyl (C=O) groups is 1. The number of carbonyl (C=O) groups excluding carboxylic acids is 1. The first-order valence-corrected chi connectivity index (χ1v) is 7.23. The lowest BCUT2D eigenvalue weighted by atomic mass is 10.2. The Bertz CT molecular complexity index is 291. The van der Waals surface area contributed by atoms with E-state index in [1.807, 2.05) is 37.6 Å². The van der Waals surface area contributed by atoms with Crippen LogP contribution < -0.4 is 5.32 Å². The molecular weight excluding hydrogens is 367 g/mol. The summed E-state index contributed by atoms with van der Waals surface area (Å²) in [6.07, 6.45) is 0. The number of nitrogens with one attached hydrogen (secondary N) is 1. The molecule has 0 rings (SSSR count). The van der Waals surface area contributed by atoms with Crippen LogP contribution in [0.3, 0.4) is 0 Å². The van der Waals surface area contributed by atoms with Gasteiger partial charge in [0, 0.05) is 33.2 Å². The minimum Gasteiger partial charge on any atom is -0.357 e. The van der Waals surface area contributed by atoms with E-state index in [-0.39, 0.29) is 29.9 Å². The van der Waals surface area contributed by atoms with Crippen molar-refractivity contribution in [2.75, 3.05) is 39.8 Å². The third kappa shape index (κ3) is 8.60. The summed E-state index contributed by atoms with van der Waals surface area (Å²) in [5.41, 5.74) is 0. The van der Waals surface area contributed by atoms with Crippen LogP contribution in [0.15, 0.2) is 4.99 Å². The van der Waals surface area contributed by atoms with E-state index in [0.717, 1.165) is 32.1 Å². The average Bonchev–Trinajstić information content (AvgIpc) is 2.35. The van der Waals surface area contributed by atoms with Gasteiger partial charge in [0.15, 0.2) is 5.96 Å². The Morgan fingerprint density at radius 2 is 1.75 bits per heavy atom. The molecule has 0 atom stereocenters. The normalized spacial score (nSPS) is 11.1. The number of guanidine groups is 1. The van der Waals surface area contributed by atoms with Crippen molar-refractivity contribution in [3.05, 3.63) is 0 Å². The molecule has 1 amide bonds. The molecule has 0 heterocycles. The van der Waals surface area contributed by atoms with Gasteiger partial charge in [-0.25, -0.2) is 0 Å². The molecule has 20 heavy (non-hydrogen) atoms. The van der Waals surface area contributed by atoms with Crippen LogP contribution in [-0.2, 0) is 4.79 Å².